The first kappa shape index (κ1) is 14.8. The van der Waals surface area contributed by atoms with Crippen LogP contribution < -0.4 is 5.73 Å². The lowest BCUT2D eigenvalue weighted by Gasteiger charge is -2.14. The number of carbonyl (C=O) groups is 1. The first-order valence-electron chi connectivity index (χ1n) is 6.53. The standard InChI is InChI=1S/C13H18N2O4S/c1-2-3-7-19-8-6-15-13(16)11-9-10(14)4-5-12(11)20(15,17)18/h4-5,9H,2-3,6-8,14H2,1H3. The minimum absolute atomic E-state index is 0.0188. The molecule has 1 aromatic rings. The summed E-state index contributed by atoms with van der Waals surface area (Å²) in [6.45, 7) is 2.84. The molecule has 0 spiro atoms. The van der Waals surface area contributed by atoms with Crippen molar-refractivity contribution in [3.63, 3.8) is 0 Å². The summed E-state index contributed by atoms with van der Waals surface area (Å²) in [6, 6.07) is 4.24. The molecular formula is C13H18N2O4S. The molecule has 0 bridgehead atoms. The number of fused-ring (bicyclic) bond motifs is 1. The van der Waals surface area contributed by atoms with Crippen LogP contribution in [0.3, 0.4) is 0 Å². The fourth-order valence-electron chi connectivity index (χ4n) is 2.02. The predicted molar refractivity (Wildman–Crippen MR) is 74.8 cm³/mol. The number of ether oxygens (including phenoxy) is 1. The summed E-state index contributed by atoms with van der Waals surface area (Å²) in [5.74, 6) is -0.536. The maximum absolute atomic E-state index is 12.2. The number of rotatable bonds is 6. The number of nitrogens with zero attached hydrogens (tertiary/aromatic N) is 1. The summed E-state index contributed by atoms with van der Waals surface area (Å²) in [5, 5.41) is 0. The second-order valence-corrected chi connectivity index (χ2v) is 6.43. The molecule has 2 N–H and O–H groups in total. The lowest BCUT2D eigenvalue weighted by molar-refractivity contribution is 0.0795. The molecule has 6 nitrogen and oxygen atoms in total. The van der Waals surface area contributed by atoms with Crippen LogP contribution in [0.5, 0.6) is 0 Å². The summed E-state index contributed by atoms with van der Waals surface area (Å²) < 4.78 is 30.6. The van der Waals surface area contributed by atoms with Gasteiger partial charge in [-0.15, -0.1) is 0 Å². The Morgan fingerprint density at radius 2 is 2.05 bits per heavy atom. The van der Waals surface area contributed by atoms with Gasteiger partial charge in [0.2, 0.25) is 0 Å². The van der Waals surface area contributed by atoms with Gasteiger partial charge in [0.15, 0.2) is 0 Å². The number of anilines is 1. The second kappa shape index (κ2) is 5.80. The predicted octanol–water partition coefficient (Wildman–Crippen LogP) is 1.23. The van der Waals surface area contributed by atoms with Gasteiger partial charge in [0.05, 0.1) is 18.7 Å². The summed E-state index contributed by atoms with van der Waals surface area (Å²) in [7, 11) is -3.76. The van der Waals surface area contributed by atoms with Crippen LogP contribution in [0.2, 0.25) is 0 Å². The average Bonchev–Trinajstić information content (AvgIpc) is 2.58. The Morgan fingerprint density at radius 1 is 1.30 bits per heavy atom. The lowest BCUT2D eigenvalue weighted by atomic mass is 10.2. The molecule has 1 aromatic carbocycles. The van der Waals surface area contributed by atoms with Gasteiger partial charge in [-0.1, -0.05) is 13.3 Å². The lowest BCUT2D eigenvalue weighted by Crippen LogP contribution is -2.33. The Bertz CT molecular complexity index is 613. The molecule has 110 valence electrons. The summed E-state index contributed by atoms with van der Waals surface area (Å²) in [5.41, 5.74) is 6.10. The molecule has 1 aliphatic rings. The van der Waals surface area contributed by atoms with Crippen LogP contribution in [-0.4, -0.2) is 38.4 Å². The first-order valence-corrected chi connectivity index (χ1v) is 7.97. The number of hydrogen-bond donors (Lipinski definition) is 1. The van der Waals surface area contributed by atoms with E-state index in [1.54, 1.807) is 0 Å². The second-order valence-electron chi connectivity index (χ2n) is 4.60. The first-order chi connectivity index (χ1) is 9.48. The number of sulfonamides is 1. The van der Waals surface area contributed by atoms with Crippen molar-refractivity contribution in [1.29, 1.82) is 0 Å². The highest BCUT2D eigenvalue weighted by Crippen LogP contribution is 2.31. The maximum atomic E-state index is 12.2. The number of nitrogens with two attached hydrogens (primary N) is 1. The van der Waals surface area contributed by atoms with Crippen molar-refractivity contribution in [2.45, 2.75) is 24.7 Å². The third kappa shape index (κ3) is 2.64. The van der Waals surface area contributed by atoms with Crippen LogP contribution in [0.1, 0.15) is 30.1 Å². The fraction of sp³-hybridized carbons (Fsp3) is 0.462. The topological polar surface area (TPSA) is 89.7 Å². The van der Waals surface area contributed by atoms with Crippen molar-refractivity contribution < 1.29 is 17.9 Å². The Morgan fingerprint density at radius 3 is 2.75 bits per heavy atom. The van der Waals surface area contributed by atoms with Gasteiger partial charge in [-0.05, 0) is 24.6 Å². The molecule has 0 atom stereocenters. The molecule has 1 amide bonds. The van der Waals surface area contributed by atoms with Crippen LogP contribution in [-0.2, 0) is 14.8 Å². The van der Waals surface area contributed by atoms with E-state index in [1.807, 2.05) is 6.92 Å². The Kier molecular flexibility index (Phi) is 4.29. The highest BCUT2D eigenvalue weighted by atomic mass is 32.2. The molecule has 1 heterocycles. The van der Waals surface area contributed by atoms with Crippen LogP contribution in [0.25, 0.3) is 0 Å². The van der Waals surface area contributed by atoms with Crippen molar-refractivity contribution in [3.05, 3.63) is 23.8 Å². The average molecular weight is 298 g/mol. The van der Waals surface area contributed by atoms with Crippen molar-refractivity contribution in [1.82, 2.24) is 4.31 Å². The molecule has 0 aliphatic carbocycles. The molecule has 2 rings (SSSR count). The molecule has 20 heavy (non-hydrogen) atoms. The van der Waals surface area contributed by atoms with E-state index in [4.69, 9.17) is 10.5 Å². The van der Waals surface area contributed by atoms with Crippen LogP contribution in [0.15, 0.2) is 23.1 Å². The van der Waals surface area contributed by atoms with E-state index in [0.29, 0.717) is 12.3 Å². The van der Waals surface area contributed by atoms with E-state index in [9.17, 15) is 13.2 Å². The highest BCUT2D eigenvalue weighted by Gasteiger charge is 2.40. The monoisotopic (exact) mass is 298 g/mol. The number of unbranched alkanes of at least 4 members (excludes halogenated alkanes) is 1. The molecule has 0 radical (unpaired) electrons. The van der Waals surface area contributed by atoms with Crippen molar-refractivity contribution in [2.75, 3.05) is 25.5 Å². The van der Waals surface area contributed by atoms with E-state index >= 15 is 0 Å². The van der Waals surface area contributed by atoms with Gasteiger partial charge >= 0.3 is 0 Å². The molecule has 7 heteroatoms. The van der Waals surface area contributed by atoms with Crippen LogP contribution in [0, 0.1) is 0 Å². The van der Waals surface area contributed by atoms with Crippen LogP contribution in [0.4, 0.5) is 5.69 Å². The third-order valence-corrected chi connectivity index (χ3v) is 4.95. The zero-order valence-electron chi connectivity index (χ0n) is 11.3. The van der Waals surface area contributed by atoms with Gasteiger partial charge in [0.1, 0.15) is 4.90 Å². The number of amides is 1. The minimum Gasteiger partial charge on any atom is -0.399 e. The zero-order valence-corrected chi connectivity index (χ0v) is 12.1. The number of benzene rings is 1. The molecular weight excluding hydrogens is 280 g/mol. The Balaban J connectivity index is 2.11. The van der Waals surface area contributed by atoms with Crippen molar-refractivity contribution >= 4 is 21.6 Å². The summed E-state index contributed by atoms with van der Waals surface area (Å²) in [4.78, 5) is 12.1. The van der Waals surface area contributed by atoms with E-state index in [1.165, 1.54) is 18.2 Å². The number of hydrogen-bond acceptors (Lipinski definition) is 5. The van der Waals surface area contributed by atoms with Gasteiger partial charge < -0.3 is 10.5 Å². The molecule has 0 unspecified atom stereocenters. The third-order valence-electron chi connectivity index (χ3n) is 3.11. The zero-order chi connectivity index (χ0) is 14.8. The van der Waals surface area contributed by atoms with Crippen LogP contribution >= 0.6 is 0 Å². The molecule has 0 aromatic heterocycles. The maximum Gasteiger partial charge on any atom is 0.269 e. The molecule has 0 fully saturated rings. The smallest absolute Gasteiger partial charge is 0.269 e. The van der Waals surface area contributed by atoms with Gasteiger partial charge in [0.25, 0.3) is 15.9 Å². The van der Waals surface area contributed by atoms with Gasteiger partial charge in [-0.2, -0.15) is 0 Å². The highest BCUT2D eigenvalue weighted by molar-refractivity contribution is 7.90. The molecule has 1 aliphatic heterocycles. The summed E-state index contributed by atoms with van der Waals surface area (Å²) in [6.07, 6.45) is 1.92. The van der Waals surface area contributed by atoms with Crippen molar-refractivity contribution in [3.8, 4) is 0 Å². The van der Waals surface area contributed by atoms with E-state index in [-0.39, 0.29) is 23.6 Å². The quantitative estimate of drug-likeness (QED) is 0.630. The van der Waals surface area contributed by atoms with Gasteiger partial charge in [0, 0.05) is 12.3 Å². The van der Waals surface area contributed by atoms with Crippen molar-refractivity contribution in [2.24, 2.45) is 0 Å². The van der Waals surface area contributed by atoms with E-state index in [2.05, 4.69) is 0 Å². The normalized spacial score (nSPS) is 16.4. The van der Waals surface area contributed by atoms with E-state index < -0.39 is 15.9 Å². The fourth-order valence-corrected chi connectivity index (χ4v) is 3.55. The number of carbonyl (C=O) groups excluding carboxylic acids is 1. The Labute approximate surface area is 118 Å². The largest absolute Gasteiger partial charge is 0.399 e. The Hall–Kier alpha value is -1.60. The minimum atomic E-state index is -3.76. The number of nitrogen functional groups attached to an aromatic ring is 1. The molecule has 0 saturated carbocycles. The van der Waals surface area contributed by atoms with Gasteiger partial charge in [-0.25, -0.2) is 12.7 Å². The van der Waals surface area contributed by atoms with Gasteiger partial charge in [-0.3, -0.25) is 4.79 Å². The molecule has 0 saturated heterocycles. The SMILES string of the molecule is CCCCOCCN1C(=O)c2cc(N)ccc2S1(=O)=O. The summed E-state index contributed by atoms with van der Waals surface area (Å²) >= 11 is 0. The van der Waals surface area contributed by atoms with E-state index in [0.717, 1.165) is 17.1 Å².